The van der Waals surface area contributed by atoms with E-state index < -0.39 is 213 Å². The lowest BCUT2D eigenvalue weighted by Crippen LogP contribution is -2.60. The van der Waals surface area contributed by atoms with Gasteiger partial charge in [0.15, 0.2) is 0 Å². The molecule has 103 heavy (non-hydrogen) atoms. The number of para-hydroxylation sites is 2. The van der Waals surface area contributed by atoms with E-state index in [1.54, 1.807) is 36.4 Å². The van der Waals surface area contributed by atoms with Gasteiger partial charge in [0.05, 0.1) is 77.4 Å². The van der Waals surface area contributed by atoms with Crippen LogP contribution in [0, 0.1) is 27.4 Å². The zero-order valence-corrected chi connectivity index (χ0v) is 55.5. The highest BCUT2D eigenvalue weighted by molar-refractivity contribution is 7.00. The molecule has 0 unspecified atom stereocenters. The van der Waals surface area contributed by atoms with E-state index in [0.29, 0.717) is 98.8 Å². The summed E-state index contributed by atoms with van der Waals surface area (Å²) in [6.45, 7) is -8.91. The van der Waals surface area contributed by atoms with Crippen LogP contribution in [-0.2, 0) is 5.41 Å². The van der Waals surface area contributed by atoms with Gasteiger partial charge in [-0.2, -0.15) is 0 Å². The van der Waals surface area contributed by atoms with Gasteiger partial charge in [-0.1, -0.05) is 273 Å². The number of rotatable bonds is 4. The molecule has 0 N–H and O–H groups in total. The third kappa shape index (κ3) is 8.54. The number of aromatic nitrogens is 4. The van der Waals surface area contributed by atoms with E-state index in [4.69, 9.17) is 16.4 Å². The highest BCUT2D eigenvalue weighted by Gasteiger charge is 2.42. The Balaban J connectivity index is 1.14. The van der Waals surface area contributed by atoms with Crippen LogP contribution in [0.1, 0.15) is 87.0 Å². The van der Waals surface area contributed by atoms with Crippen molar-refractivity contribution >= 4 is 153 Å². The van der Waals surface area contributed by atoms with Gasteiger partial charge in [-0.05, 0) is 182 Å². The van der Waals surface area contributed by atoms with E-state index in [2.05, 4.69) is 0 Å². The van der Waals surface area contributed by atoms with Crippen molar-refractivity contribution in [3.05, 3.63) is 331 Å². The first-order chi connectivity index (χ1) is 62.0. The van der Waals surface area contributed by atoms with Crippen molar-refractivity contribution in [1.29, 1.82) is 0 Å². The summed E-state index contributed by atoms with van der Waals surface area (Å²) in [6.07, 6.45) is 0. The van der Waals surface area contributed by atoms with Crippen LogP contribution < -0.4 is 16.4 Å². The molecule has 0 aliphatic carbocycles. The molecule has 0 amide bonds. The van der Waals surface area contributed by atoms with Crippen LogP contribution in [0.15, 0.2) is 303 Å². The molecule has 0 fully saturated rings. The molecular formula is C98H71BN4. The molecule has 2 aliphatic heterocycles. The number of hydrogen-bond donors (Lipinski definition) is 0. The maximum atomic E-state index is 11.9. The fourth-order valence-corrected chi connectivity index (χ4v) is 16.7. The highest BCUT2D eigenvalue weighted by Crippen LogP contribution is 2.48. The molecule has 5 heteroatoms. The average Bonchev–Trinajstić information content (AvgIpc) is 1.48. The second-order valence-corrected chi connectivity index (χ2v) is 27.6. The standard InChI is InChI=1S/C98H71BN4/c1-58-40-46-83-77(52-58)78-53-59(2)41-47-84(78)100(83)87-50-44-81-96-91(87)73-34-20-18-30-69(73)67-28-14-16-32-71(67)75-38-22-36-65(62-24-10-8-11-25-62)94(75)102(96)89-56-64(98(5,6)7)57-90-93(89)99(81)82-45-51-88(101-85-48-42-60(3)54-79(85)80-55-61(4)43-49-86(80)101)92-74-35-21-19-31-70(74)68-29-15-17-33-72(68)76-39-23-37-66(63-26-12-9-13-27-63)95(76)103(90)97(82)92/h8-57H,1-7H3/i1D3,2D3,3D3,4D3,40D,41D,42D,43D,44D,45D,46D,47D,48D,49D,50D,51D,52D,53D,54D,55D. The molecule has 486 valence electrons. The van der Waals surface area contributed by atoms with E-state index in [0.717, 1.165) is 9.13 Å². The number of hydrogen-bond acceptors (Lipinski definition) is 0. The van der Waals surface area contributed by atoms with Gasteiger partial charge in [-0.25, -0.2) is 0 Å². The minimum absolute atomic E-state index is 0.0169. The van der Waals surface area contributed by atoms with E-state index in [1.807, 2.05) is 200 Å². The molecule has 21 rings (SSSR count). The Morgan fingerprint density at radius 3 is 0.961 bits per heavy atom. The summed E-state index contributed by atoms with van der Waals surface area (Å²) in [7, 11) is 0. The van der Waals surface area contributed by atoms with Crippen molar-refractivity contribution in [2.45, 2.75) is 53.6 Å². The first-order valence-electron chi connectivity index (χ1n) is 48.1. The lowest BCUT2D eigenvalue weighted by molar-refractivity contribution is 0.589. The van der Waals surface area contributed by atoms with Gasteiger partial charge in [0, 0.05) is 82.0 Å². The minimum Gasteiger partial charge on any atom is -0.309 e. The summed E-state index contributed by atoms with van der Waals surface area (Å²) in [4.78, 5) is 0. The normalized spacial score (nSPS) is 17.0. The summed E-state index contributed by atoms with van der Waals surface area (Å²) in [5, 5.41) is 2.69. The molecule has 2 aliphatic rings. The van der Waals surface area contributed by atoms with Gasteiger partial charge in [-0.3, -0.25) is 0 Å². The Bertz CT molecular complexity index is 7980. The maximum Gasteiger partial charge on any atom is 0.252 e. The van der Waals surface area contributed by atoms with Gasteiger partial charge >= 0.3 is 0 Å². The molecule has 0 atom stereocenters. The molecule has 0 saturated heterocycles. The van der Waals surface area contributed by atoms with Crippen molar-refractivity contribution in [3.8, 4) is 45.0 Å². The molecule has 15 aromatic carbocycles. The van der Waals surface area contributed by atoms with Crippen molar-refractivity contribution in [2.75, 3.05) is 0 Å². The Hall–Kier alpha value is -12.4. The summed E-state index contributed by atoms with van der Waals surface area (Å²) in [6, 6.07) is 50.1. The third-order valence-corrected chi connectivity index (χ3v) is 21.0. The fourth-order valence-electron chi connectivity index (χ4n) is 16.7. The van der Waals surface area contributed by atoms with Gasteiger partial charge in [-0.15, -0.1) is 0 Å². The zero-order valence-electron chi connectivity index (χ0n) is 83.5. The van der Waals surface area contributed by atoms with Crippen molar-refractivity contribution in [3.63, 3.8) is 0 Å². The predicted octanol–water partition coefficient (Wildman–Crippen LogP) is 23.9. The monoisotopic (exact) mass is 1340 g/mol. The second-order valence-electron chi connectivity index (χ2n) is 27.6. The first-order valence-corrected chi connectivity index (χ1v) is 34.1. The highest BCUT2D eigenvalue weighted by atomic mass is 15.1. The number of fused-ring (bicyclic) bond motifs is 24. The summed E-state index contributed by atoms with van der Waals surface area (Å²) < 4.78 is 282. The molecule has 19 aromatic rings. The van der Waals surface area contributed by atoms with Crippen molar-refractivity contribution in [1.82, 2.24) is 18.3 Å². The van der Waals surface area contributed by atoms with E-state index in [9.17, 15) is 21.9 Å². The summed E-state index contributed by atoms with van der Waals surface area (Å²) >= 11 is 0. The molecule has 4 aromatic heterocycles. The van der Waals surface area contributed by atoms with Gasteiger partial charge < -0.3 is 18.3 Å². The van der Waals surface area contributed by atoms with E-state index in [1.165, 1.54) is 0 Å². The smallest absolute Gasteiger partial charge is 0.252 e. The van der Waals surface area contributed by atoms with E-state index in [-0.39, 0.29) is 43.5 Å². The molecule has 0 bridgehead atoms. The van der Waals surface area contributed by atoms with Crippen LogP contribution in [0.5, 0.6) is 0 Å². The molecule has 0 saturated carbocycles. The molecule has 6 heterocycles. The second kappa shape index (κ2) is 22.0. The largest absolute Gasteiger partial charge is 0.309 e. The minimum atomic E-state index is -3.34. The van der Waals surface area contributed by atoms with Crippen LogP contribution in [0.25, 0.3) is 175 Å². The Morgan fingerprint density at radius 1 is 0.291 bits per heavy atom. The summed E-state index contributed by atoms with van der Waals surface area (Å²) in [5.74, 6) is 0. The number of nitrogens with zero attached hydrogens (tertiary/aromatic N) is 4. The predicted molar refractivity (Wildman–Crippen MR) is 442 cm³/mol. The Kier molecular flexibility index (Phi) is 8.09. The SMILES string of the molecule is [2H]c1c([2H])c2c3c(c1-n1c4c([2H])c([2H])c(C([2H])([2H])[2H])c([2H])c4c4c([2H])c(C([2H])([2H])[2H])c([2H])c([2H])c41)c1ccccc1c1ccccc1c1cccc(-c4ccccc4)c1n3-c1cc(C(C)(C)C)cc3c1B2c1c([2H])c([2H])c(-n2c4c([2H])c([2H])c(C([2H])([2H])[2H])c([2H])c4c4c([2H])c(C([2H])([2H])[2H])c([2H])c([2H])c42)c2c4ccccc4c4ccccc4c4cccc(-c5ccccc5)c4n-3c12. The average molecular weight is 1340 g/mol. The molecule has 4 nitrogen and oxygen atoms in total. The van der Waals surface area contributed by atoms with Gasteiger partial charge in [0.1, 0.15) is 0 Å². The molecule has 0 radical (unpaired) electrons. The van der Waals surface area contributed by atoms with Crippen LogP contribution in [0.2, 0.25) is 0 Å². The van der Waals surface area contributed by atoms with Crippen LogP contribution >= 0.6 is 0 Å². The van der Waals surface area contributed by atoms with Crippen molar-refractivity contribution in [2.24, 2.45) is 0 Å². The fraction of sp³-hybridized carbons (Fsp3) is 0.0816. The zero-order chi connectivity index (χ0) is 92.8. The quantitative estimate of drug-likeness (QED) is 0.157. The first kappa shape index (κ1) is 37.8. The lowest BCUT2D eigenvalue weighted by Gasteiger charge is -2.38. The Morgan fingerprint density at radius 2 is 0.612 bits per heavy atom. The molecular weight excluding hydrogens is 1240 g/mol. The maximum absolute atomic E-state index is 11.9. The van der Waals surface area contributed by atoms with Crippen LogP contribution in [0.3, 0.4) is 0 Å². The topological polar surface area (TPSA) is 19.7 Å². The summed E-state index contributed by atoms with van der Waals surface area (Å²) in [5.41, 5.74) is -2.81. The Labute approximate surface area is 637 Å². The third-order valence-electron chi connectivity index (χ3n) is 21.0. The lowest BCUT2D eigenvalue weighted by atomic mass is 9.34. The van der Waals surface area contributed by atoms with Gasteiger partial charge in [0.25, 0.3) is 6.71 Å². The van der Waals surface area contributed by atoms with Crippen LogP contribution in [-0.4, -0.2) is 25.0 Å². The van der Waals surface area contributed by atoms with E-state index >= 15 is 0 Å². The van der Waals surface area contributed by atoms with Crippen molar-refractivity contribution < 1.29 is 38.4 Å². The number of benzene rings is 15. The molecule has 0 spiro atoms. The van der Waals surface area contributed by atoms with Gasteiger partial charge in [0.2, 0.25) is 0 Å². The van der Waals surface area contributed by atoms with Crippen LogP contribution in [0.4, 0.5) is 0 Å².